The van der Waals surface area contributed by atoms with E-state index >= 15 is 0 Å². The van der Waals surface area contributed by atoms with Crippen molar-refractivity contribution in [3.05, 3.63) is 68.8 Å². The molecule has 4 fully saturated rings. The molecule has 5 nitrogen and oxygen atoms in total. The van der Waals surface area contributed by atoms with Crippen LogP contribution in [0.3, 0.4) is 0 Å². The van der Waals surface area contributed by atoms with E-state index in [2.05, 4.69) is 10.4 Å². The first-order valence-electron chi connectivity index (χ1n) is 12.4. The molecule has 186 valence electrons. The third kappa shape index (κ3) is 4.15. The zero-order valence-electron chi connectivity index (χ0n) is 19.9. The molecule has 0 saturated heterocycles. The molecule has 0 aliphatic heterocycles. The molecule has 4 bridgehead atoms. The topological polar surface area (TPSA) is 64.0 Å². The van der Waals surface area contributed by atoms with Crippen LogP contribution in [0.5, 0.6) is 0 Å². The average Bonchev–Trinajstić information content (AvgIpc) is 3.14. The molecule has 3 aromatic rings. The maximum Gasteiger partial charge on any atom is 0.294 e. The largest absolute Gasteiger partial charge is 0.344 e. The molecule has 7 rings (SSSR count). The minimum Gasteiger partial charge on any atom is -0.344 e. The van der Waals surface area contributed by atoms with Crippen LogP contribution >= 0.6 is 34.8 Å². The van der Waals surface area contributed by atoms with E-state index < -0.39 is 11.7 Å². The van der Waals surface area contributed by atoms with E-state index in [4.69, 9.17) is 34.8 Å². The van der Waals surface area contributed by atoms with Crippen LogP contribution in [0.25, 0.3) is 16.9 Å². The van der Waals surface area contributed by atoms with Crippen LogP contribution in [0.1, 0.15) is 54.6 Å². The molecular weight excluding hydrogens is 517 g/mol. The van der Waals surface area contributed by atoms with Gasteiger partial charge < -0.3 is 5.32 Å². The second-order valence-corrected chi connectivity index (χ2v) is 12.1. The lowest BCUT2D eigenvalue weighted by Crippen LogP contribution is -2.60. The highest BCUT2D eigenvalue weighted by Gasteiger charge is 2.52. The van der Waals surface area contributed by atoms with Crippen molar-refractivity contribution in [3.8, 4) is 16.9 Å². The molecule has 4 saturated carbocycles. The Labute approximate surface area is 225 Å². The normalized spacial score (nSPS) is 26.3. The number of ketones is 1. The molecule has 0 radical (unpaired) electrons. The zero-order valence-corrected chi connectivity index (χ0v) is 22.1. The van der Waals surface area contributed by atoms with Crippen molar-refractivity contribution in [3.63, 3.8) is 0 Å². The van der Waals surface area contributed by atoms with Crippen LogP contribution in [-0.2, 0) is 4.79 Å². The van der Waals surface area contributed by atoms with Gasteiger partial charge >= 0.3 is 0 Å². The highest BCUT2D eigenvalue weighted by molar-refractivity contribution is 6.43. The predicted molar refractivity (Wildman–Crippen MR) is 142 cm³/mol. The Hall–Kier alpha value is -2.34. The summed E-state index contributed by atoms with van der Waals surface area (Å²) in [5.74, 6) is 0.792. The summed E-state index contributed by atoms with van der Waals surface area (Å²) in [7, 11) is 0. The maximum absolute atomic E-state index is 13.5. The van der Waals surface area contributed by atoms with Crippen LogP contribution in [0.2, 0.25) is 15.1 Å². The van der Waals surface area contributed by atoms with Gasteiger partial charge in [-0.3, -0.25) is 9.59 Å². The van der Waals surface area contributed by atoms with Crippen LogP contribution < -0.4 is 5.32 Å². The Morgan fingerprint density at radius 1 is 0.917 bits per heavy atom. The first-order chi connectivity index (χ1) is 17.2. The highest BCUT2D eigenvalue weighted by atomic mass is 35.5. The molecule has 1 amide bonds. The predicted octanol–water partition coefficient (Wildman–Crippen LogP) is 7.08. The number of benzene rings is 2. The van der Waals surface area contributed by atoms with Crippen molar-refractivity contribution >= 4 is 46.5 Å². The van der Waals surface area contributed by atoms with Crippen molar-refractivity contribution in [1.82, 2.24) is 15.1 Å². The second kappa shape index (κ2) is 8.90. The molecule has 1 N–H and O–H groups in total. The van der Waals surface area contributed by atoms with Crippen molar-refractivity contribution < 1.29 is 9.59 Å². The monoisotopic (exact) mass is 541 g/mol. The van der Waals surface area contributed by atoms with E-state index in [1.54, 1.807) is 35.0 Å². The number of carbonyl (C=O) groups excluding carboxylic acids is 2. The van der Waals surface area contributed by atoms with Gasteiger partial charge in [-0.2, -0.15) is 5.10 Å². The van der Waals surface area contributed by atoms with Crippen molar-refractivity contribution in [2.45, 2.75) is 51.0 Å². The maximum atomic E-state index is 13.5. The first-order valence-corrected chi connectivity index (χ1v) is 13.5. The Balaban J connectivity index is 1.38. The number of hydrogen-bond acceptors (Lipinski definition) is 3. The molecule has 0 spiro atoms. The van der Waals surface area contributed by atoms with Gasteiger partial charge in [0.25, 0.3) is 11.7 Å². The van der Waals surface area contributed by atoms with Gasteiger partial charge in [0.15, 0.2) is 0 Å². The van der Waals surface area contributed by atoms with E-state index in [0.29, 0.717) is 49.8 Å². The molecule has 2 aromatic carbocycles. The summed E-state index contributed by atoms with van der Waals surface area (Å²) >= 11 is 18.8. The lowest BCUT2D eigenvalue weighted by atomic mass is 9.53. The minimum absolute atomic E-state index is 0.119. The molecule has 1 heterocycles. The second-order valence-electron chi connectivity index (χ2n) is 10.8. The van der Waals surface area contributed by atoms with Gasteiger partial charge in [-0.25, -0.2) is 4.68 Å². The molecule has 4 aliphatic rings. The molecule has 36 heavy (non-hydrogen) atoms. The first kappa shape index (κ1) is 24.0. The Morgan fingerprint density at radius 2 is 1.50 bits per heavy atom. The Kier molecular flexibility index (Phi) is 5.94. The molecule has 8 heteroatoms. The standard InChI is InChI=1S/C28H26Cl3N3O2/c1-15-24(26(35)27(36)32-28-12-16-8-17(13-28)10-18(9-16)14-28)33-34(23-7-6-21(30)11-22(23)31)25(15)19-2-4-20(29)5-3-19/h2-7,11,16-18H,8-10,12-14H2,1H3,(H,32,36). The summed E-state index contributed by atoms with van der Waals surface area (Å²) in [6.45, 7) is 1.81. The van der Waals surface area contributed by atoms with Crippen molar-refractivity contribution in [1.29, 1.82) is 0 Å². The number of Topliss-reactive ketones (excluding diaryl/α,β-unsaturated/α-hetero) is 1. The highest BCUT2D eigenvalue weighted by Crippen LogP contribution is 2.55. The van der Waals surface area contributed by atoms with Crippen molar-refractivity contribution in [2.75, 3.05) is 0 Å². The quantitative estimate of drug-likeness (QED) is 0.277. The van der Waals surface area contributed by atoms with Gasteiger partial charge in [-0.05, 0) is 93.5 Å². The molecule has 0 atom stereocenters. The van der Waals surface area contributed by atoms with Crippen molar-refractivity contribution in [2.24, 2.45) is 17.8 Å². The van der Waals surface area contributed by atoms with Gasteiger partial charge in [0, 0.05) is 26.7 Å². The van der Waals surface area contributed by atoms with Crippen LogP contribution in [0, 0.1) is 24.7 Å². The molecular formula is C28H26Cl3N3O2. The minimum atomic E-state index is -0.623. The van der Waals surface area contributed by atoms with Gasteiger partial charge in [0.2, 0.25) is 0 Å². The van der Waals surface area contributed by atoms with Crippen LogP contribution in [-0.4, -0.2) is 27.0 Å². The summed E-state index contributed by atoms with van der Waals surface area (Å²) in [5, 5.41) is 9.29. The number of halogens is 3. The Bertz CT molecular complexity index is 1340. The summed E-state index contributed by atoms with van der Waals surface area (Å²) < 4.78 is 1.61. The van der Waals surface area contributed by atoms with E-state index in [-0.39, 0.29) is 11.2 Å². The van der Waals surface area contributed by atoms with Gasteiger partial charge in [-0.15, -0.1) is 0 Å². The number of nitrogens with one attached hydrogen (secondary N) is 1. The summed E-state index contributed by atoms with van der Waals surface area (Å²) in [4.78, 5) is 26.9. The third-order valence-electron chi connectivity index (χ3n) is 8.22. The Morgan fingerprint density at radius 3 is 2.08 bits per heavy atom. The van der Waals surface area contributed by atoms with E-state index in [1.165, 1.54) is 19.3 Å². The fourth-order valence-corrected chi connectivity index (χ4v) is 7.77. The number of carbonyl (C=O) groups is 2. The average molecular weight is 543 g/mol. The fraction of sp³-hybridized carbons (Fsp3) is 0.393. The summed E-state index contributed by atoms with van der Waals surface area (Å²) in [6, 6.07) is 12.4. The van der Waals surface area contributed by atoms with Gasteiger partial charge in [-0.1, -0.05) is 46.9 Å². The smallest absolute Gasteiger partial charge is 0.294 e. The van der Waals surface area contributed by atoms with E-state index in [1.807, 2.05) is 19.1 Å². The number of rotatable bonds is 5. The molecule has 4 aliphatic carbocycles. The number of amides is 1. The molecule has 1 aromatic heterocycles. The third-order valence-corrected chi connectivity index (χ3v) is 9.01. The lowest BCUT2D eigenvalue weighted by molar-refractivity contribution is -0.122. The fourth-order valence-electron chi connectivity index (χ4n) is 7.15. The summed E-state index contributed by atoms with van der Waals surface area (Å²) in [5.41, 5.74) is 2.51. The SMILES string of the molecule is Cc1c(C(=O)C(=O)NC23CC4CC(CC(C4)C2)C3)nn(-c2ccc(Cl)cc2Cl)c1-c1ccc(Cl)cc1. The lowest BCUT2D eigenvalue weighted by Gasteiger charge is -2.56. The number of aromatic nitrogens is 2. The van der Waals surface area contributed by atoms with Crippen LogP contribution in [0.4, 0.5) is 0 Å². The van der Waals surface area contributed by atoms with Crippen LogP contribution in [0.15, 0.2) is 42.5 Å². The van der Waals surface area contributed by atoms with E-state index in [9.17, 15) is 9.59 Å². The van der Waals surface area contributed by atoms with E-state index in [0.717, 1.165) is 24.8 Å². The zero-order chi connectivity index (χ0) is 25.2. The number of hydrogen-bond donors (Lipinski definition) is 1. The number of nitrogens with zero attached hydrogens (tertiary/aromatic N) is 2. The van der Waals surface area contributed by atoms with Gasteiger partial charge in [0.05, 0.1) is 16.4 Å². The van der Waals surface area contributed by atoms with Gasteiger partial charge in [0.1, 0.15) is 5.69 Å². The molecule has 0 unspecified atom stereocenters. The summed E-state index contributed by atoms with van der Waals surface area (Å²) in [6.07, 6.45) is 6.71.